The number of rotatable bonds is 6. The van der Waals surface area contributed by atoms with Gasteiger partial charge < -0.3 is 10.4 Å². The van der Waals surface area contributed by atoms with E-state index in [1.807, 2.05) is 0 Å². The number of carboxylic acids is 1. The summed E-state index contributed by atoms with van der Waals surface area (Å²) in [5, 5.41) is 11.4. The highest BCUT2D eigenvalue weighted by Crippen LogP contribution is 2.28. The molecule has 7 nitrogen and oxygen atoms in total. The summed E-state index contributed by atoms with van der Waals surface area (Å²) in [5.74, 6) is -1.36. The van der Waals surface area contributed by atoms with E-state index in [1.165, 1.54) is 30.7 Å². The first-order valence-corrected chi connectivity index (χ1v) is 11.3. The predicted octanol–water partition coefficient (Wildman–Crippen LogP) is 4.03. The molecule has 0 bridgehead atoms. The number of pyridine rings is 1. The van der Waals surface area contributed by atoms with Crippen molar-refractivity contribution in [1.82, 2.24) is 14.3 Å². The Labute approximate surface area is 191 Å². The molecule has 0 saturated heterocycles. The van der Waals surface area contributed by atoms with E-state index < -0.39 is 21.8 Å². The summed E-state index contributed by atoms with van der Waals surface area (Å²) in [4.78, 5) is 14.1. The normalized spacial score (nSPS) is 10.8. The number of aromatic nitrogens is 2. The van der Waals surface area contributed by atoms with E-state index in [0.717, 1.165) is 9.54 Å². The molecular formula is C24H22FN3O4S. The molecule has 0 spiro atoms. The van der Waals surface area contributed by atoms with E-state index in [0.29, 0.717) is 12.1 Å². The van der Waals surface area contributed by atoms with Gasteiger partial charge in [0, 0.05) is 30.7 Å². The van der Waals surface area contributed by atoms with Gasteiger partial charge in [-0.15, -0.1) is 0 Å². The third-order valence-corrected chi connectivity index (χ3v) is 6.24. The molecule has 0 aliphatic rings. The Balaban J connectivity index is 0.000000286. The zero-order valence-electron chi connectivity index (χ0n) is 17.7. The average molecular weight is 468 g/mol. The van der Waals surface area contributed by atoms with Gasteiger partial charge in [-0.2, -0.15) is 0 Å². The Bertz CT molecular complexity index is 1320. The van der Waals surface area contributed by atoms with Gasteiger partial charge in [-0.1, -0.05) is 30.3 Å². The molecule has 0 radical (unpaired) electrons. The number of carbonyl (C=O) groups is 1. The van der Waals surface area contributed by atoms with Gasteiger partial charge in [0.25, 0.3) is 10.0 Å². The number of benzene rings is 2. The molecule has 0 aliphatic heterocycles. The Morgan fingerprint density at radius 3 is 2.33 bits per heavy atom. The number of halogens is 1. The molecule has 0 saturated carbocycles. The molecule has 2 heterocycles. The highest BCUT2D eigenvalue weighted by atomic mass is 32.2. The molecule has 2 aromatic carbocycles. The van der Waals surface area contributed by atoms with Crippen LogP contribution in [0.4, 0.5) is 4.39 Å². The highest BCUT2D eigenvalue weighted by Gasteiger charge is 2.23. The summed E-state index contributed by atoms with van der Waals surface area (Å²) in [7, 11) is -2.11. The number of hydrogen-bond acceptors (Lipinski definition) is 5. The second kappa shape index (κ2) is 10.7. The topological polar surface area (TPSA) is 101 Å². The highest BCUT2D eigenvalue weighted by molar-refractivity contribution is 7.90. The lowest BCUT2D eigenvalue weighted by Gasteiger charge is -2.10. The zero-order chi connectivity index (χ0) is 23.8. The second-order valence-corrected chi connectivity index (χ2v) is 8.72. The van der Waals surface area contributed by atoms with Crippen molar-refractivity contribution in [2.75, 3.05) is 7.05 Å². The van der Waals surface area contributed by atoms with E-state index >= 15 is 0 Å². The fraction of sp³-hybridized carbons (Fsp3) is 0.0833. The first kappa shape index (κ1) is 23.8. The van der Waals surface area contributed by atoms with Crippen LogP contribution in [-0.2, 0) is 16.6 Å². The van der Waals surface area contributed by atoms with Crippen molar-refractivity contribution < 1.29 is 22.7 Å². The second-order valence-electron chi connectivity index (χ2n) is 6.90. The van der Waals surface area contributed by atoms with Crippen LogP contribution >= 0.6 is 0 Å². The van der Waals surface area contributed by atoms with Crippen LogP contribution in [0.3, 0.4) is 0 Å². The number of aromatic carboxylic acids is 1. The summed E-state index contributed by atoms with van der Waals surface area (Å²) in [5.41, 5.74) is 1.58. The van der Waals surface area contributed by atoms with Crippen LogP contribution in [0.5, 0.6) is 0 Å². The average Bonchev–Trinajstić information content (AvgIpc) is 3.26. The van der Waals surface area contributed by atoms with Crippen molar-refractivity contribution in [1.29, 1.82) is 0 Å². The number of nitrogens with zero attached hydrogens (tertiary/aromatic N) is 2. The van der Waals surface area contributed by atoms with Crippen molar-refractivity contribution >= 4 is 16.0 Å². The van der Waals surface area contributed by atoms with Crippen molar-refractivity contribution in [2.24, 2.45) is 0 Å². The van der Waals surface area contributed by atoms with Crippen LogP contribution in [-0.4, -0.2) is 35.5 Å². The van der Waals surface area contributed by atoms with E-state index in [1.54, 1.807) is 67.7 Å². The Kier molecular flexibility index (Phi) is 7.70. The van der Waals surface area contributed by atoms with Gasteiger partial charge >= 0.3 is 5.97 Å². The maximum absolute atomic E-state index is 14.2. The number of carboxylic acid groups (broad SMARTS) is 1. The molecule has 0 atom stereocenters. The predicted molar refractivity (Wildman–Crippen MR) is 123 cm³/mol. The summed E-state index contributed by atoms with van der Waals surface area (Å²) >= 11 is 0. The minimum Gasteiger partial charge on any atom is -0.478 e. The third kappa shape index (κ3) is 5.71. The van der Waals surface area contributed by atoms with Crippen LogP contribution in [0, 0.1) is 5.82 Å². The van der Waals surface area contributed by atoms with Crippen LogP contribution in [0.1, 0.15) is 15.9 Å². The van der Waals surface area contributed by atoms with Crippen LogP contribution in [0.2, 0.25) is 0 Å². The summed E-state index contributed by atoms with van der Waals surface area (Å²) in [6.45, 7) is 0.469. The molecule has 33 heavy (non-hydrogen) atoms. The van der Waals surface area contributed by atoms with Crippen molar-refractivity contribution in [2.45, 2.75) is 11.4 Å². The van der Waals surface area contributed by atoms with Gasteiger partial charge in [0.05, 0.1) is 11.3 Å². The Hall–Kier alpha value is -3.82. The summed E-state index contributed by atoms with van der Waals surface area (Å²) in [6.07, 6.45) is 4.28. The minimum absolute atomic E-state index is 0.0502. The van der Waals surface area contributed by atoms with Crippen LogP contribution < -0.4 is 5.32 Å². The molecule has 170 valence electrons. The minimum atomic E-state index is -3.87. The van der Waals surface area contributed by atoms with Gasteiger partial charge in [-0.25, -0.2) is 21.6 Å². The molecule has 4 aromatic rings. The number of nitrogens with one attached hydrogen (secondary N) is 1. The standard InChI is InChI=1S/C17H16FN3O2S.C7H6O2/c1-19-10-13-9-17(15-6-2-3-7-16(15)18)21(12-13)24(22,23)14-5-4-8-20-11-14;8-7(9)6-4-2-1-3-5-6/h2-9,11-12,19H,10H2,1H3;1-5H,(H,8,9). The van der Waals surface area contributed by atoms with E-state index in [4.69, 9.17) is 5.11 Å². The van der Waals surface area contributed by atoms with Crippen molar-refractivity contribution in [3.05, 3.63) is 108 Å². The number of hydrogen-bond donors (Lipinski definition) is 2. The fourth-order valence-electron chi connectivity index (χ4n) is 3.06. The van der Waals surface area contributed by atoms with Gasteiger partial charge in [0.1, 0.15) is 10.7 Å². The Morgan fingerprint density at radius 2 is 1.76 bits per heavy atom. The first-order chi connectivity index (χ1) is 15.8. The fourth-order valence-corrected chi connectivity index (χ4v) is 4.41. The molecular weight excluding hydrogens is 445 g/mol. The molecule has 2 N–H and O–H groups in total. The van der Waals surface area contributed by atoms with Gasteiger partial charge in [-0.3, -0.25) is 4.98 Å². The van der Waals surface area contributed by atoms with Gasteiger partial charge in [0.15, 0.2) is 0 Å². The van der Waals surface area contributed by atoms with E-state index in [9.17, 15) is 17.6 Å². The van der Waals surface area contributed by atoms with E-state index in [-0.39, 0.29) is 16.2 Å². The maximum atomic E-state index is 14.2. The Morgan fingerprint density at radius 1 is 1.06 bits per heavy atom. The quantitative estimate of drug-likeness (QED) is 0.444. The van der Waals surface area contributed by atoms with Gasteiger partial charge in [0.2, 0.25) is 0 Å². The van der Waals surface area contributed by atoms with Crippen LogP contribution in [0.15, 0.2) is 96.3 Å². The molecule has 0 unspecified atom stereocenters. The molecule has 0 fully saturated rings. The first-order valence-electron chi connectivity index (χ1n) is 9.89. The summed E-state index contributed by atoms with van der Waals surface area (Å²) in [6, 6.07) is 19.1. The monoisotopic (exact) mass is 467 g/mol. The molecule has 9 heteroatoms. The largest absolute Gasteiger partial charge is 0.478 e. The van der Waals surface area contributed by atoms with Crippen molar-refractivity contribution in [3.63, 3.8) is 0 Å². The van der Waals surface area contributed by atoms with Crippen molar-refractivity contribution in [3.8, 4) is 11.3 Å². The van der Waals surface area contributed by atoms with Gasteiger partial charge in [-0.05, 0) is 55.1 Å². The lowest BCUT2D eigenvalue weighted by Crippen LogP contribution is -2.14. The molecule has 0 aliphatic carbocycles. The molecule has 2 aromatic heterocycles. The summed E-state index contributed by atoms with van der Waals surface area (Å²) < 4.78 is 41.2. The lowest BCUT2D eigenvalue weighted by molar-refractivity contribution is 0.0697. The SMILES string of the molecule is CNCc1cc(-c2ccccc2F)n(S(=O)(=O)c2cccnc2)c1.O=C(O)c1ccccc1. The molecule has 4 rings (SSSR count). The van der Waals surface area contributed by atoms with Crippen LogP contribution in [0.25, 0.3) is 11.3 Å². The smallest absolute Gasteiger partial charge is 0.335 e. The lowest BCUT2D eigenvalue weighted by atomic mass is 10.1. The maximum Gasteiger partial charge on any atom is 0.335 e. The zero-order valence-corrected chi connectivity index (χ0v) is 18.5. The third-order valence-electron chi connectivity index (χ3n) is 4.59. The van der Waals surface area contributed by atoms with E-state index in [2.05, 4.69) is 10.3 Å². The molecule has 0 amide bonds.